The molecule has 1 aromatic heterocycles. The van der Waals surface area contributed by atoms with E-state index < -0.39 is 6.10 Å². The second-order valence-electron chi connectivity index (χ2n) is 5.63. The van der Waals surface area contributed by atoms with Gasteiger partial charge in [-0.3, -0.25) is 0 Å². The highest BCUT2D eigenvalue weighted by Gasteiger charge is 2.25. The van der Waals surface area contributed by atoms with E-state index >= 15 is 0 Å². The first kappa shape index (κ1) is 14.3. The average Bonchev–Trinajstić information content (AvgIpc) is 2.78. The molecule has 1 N–H and O–H groups in total. The van der Waals surface area contributed by atoms with Crippen LogP contribution in [0.25, 0.3) is 0 Å². The second-order valence-corrected chi connectivity index (χ2v) is 7.72. The van der Waals surface area contributed by atoms with Crippen LogP contribution in [-0.2, 0) is 16.6 Å². The number of nitrogens with zero attached hydrogens (tertiary/aromatic N) is 1. The lowest BCUT2D eigenvalue weighted by Gasteiger charge is -2.26. The Morgan fingerprint density at radius 2 is 2.33 bits per heavy atom. The van der Waals surface area contributed by atoms with Crippen molar-refractivity contribution in [3.8, 4) is 0 Å². The van der Waals surface area contributed by atoms with Crippen LogP contribution in [0.2, 0.25) is 0 Å². The van der Waals surface area contributed by atoms with Crippen molar-refractivity contribution >= 4 is 23.1 Å². The minimum Gasteiger partial charge on any atom is -0.390 e. The van der Waals surface area contributed by atoms with Crippen LogP contribution in [0.5, 0.6) is 0 Å². The monoisotopic (exact) mass is 287 g/mol. The van der Waals surface area contributed by atoms with Crippen LogP contribution >= 0.6 is 23.1 Å². The van der Waals surface area contributed by atoms with Crippen molar-refractivity contribution < 1.29 is 9.84 Å². The zero-order valence-corrected chi connectivity index (χ0v) is 12.8. The lowest BCUT2D eigenvalue weighted by Crippen LogP contribution is -2.36. The molecule has 18 heavy (non-hydrogen) atoms. The lowest BCUT2D eigenvalue weighted by molar-refractivity contribution is -0.0208. The Kier molecular flexibility index (Phi) is 4.69. The number of thioether (sulfide) groups is 1. The van der Waals surface area contributed by atoms with Gasteiger partial charge in [0.05, 0.1) is 29.5 Å². The van der Waals surface area contributed by atoms with Crippen LogP contribution in [0.4, 0.5) is 0 Å². The molecule has 1 saturated heterocycles. The normalized spacial score (nSPS) is 23.0. The molecule has 0 amide bonds. The molecule has 5 heteroatoms. The summed E-state index contributed by atoms with van der Waals surface area (Å²) in [5, 5.41) is 13.3. The fourth-order valence-corrected chi connectivity index (χ4v) is 3.79. The average molecular weight is 287 g/mol. The van der Waals surface area contributed by atoms with Crippen molar-refractivity contribution in [2.45, 2.75) is 44.8 Å². The molecule has 1 aliphatic heterocycles. The topological polar surface area (TPSA) is 42.4 Å². The molecule has 2 atom stereocenters. The molecule has 1 aromatic rings. The highest BCUT2D eigenvalue weighted by Crippen LogP contribution is 2.25. The number of aliphatic hydroxyl groups is 1. The van der Waals surface area contributed by atoms with Crippen LogP contribution in [0.15, 0.2) is 5.38 Å². The third kappa shape index (κ3) is 3.70. The van der Waals surface area contributed by atoms with E-state index in [9.17, 15) is 5.11 Å². The number of thiazole rings is 1. The third-order valence-corrected chi connectivity index (χ3v) is 4.87. The van der Waals surface area contributed by atoms with E-state index in [1.807, 2.05) is 11.8 Å². The Morgan fingerprint density at radius 1 is 1.56 bits per heavy atom. The Bertz CT molecular complexity index is 381. The van der Waals surface area contributed by atoms with Crippen molar-refractivity contribution in [2.75, 3.05) is 18.1 Å². The summed E-state index contributed by atoms with van der Waals surface area (Å²) in [4.78, 5) is 4.61. The summed E-state index contributed by atoms with van der Waals surface area (Å²) in [5.74, 6) is 1.92. The smallest absolute Gasteiger partial charge is 0.0955 e. The molecular weight excluding hydrogens is 266 g/mol. The van der Waals surface area contributed by atoms with Gasteiger partial charge in [0.25, 0.3) is 0 Å². The van der Waals surface area contributed by atoms with Crippen LogP contribution in [0.1, 0.15) is 31.5 Å². The van der Waals surface area contributed by atoms with Gasteiger partial charge in [0.1, 0.15) is 0 Å². The molecule has 2 heterocycles. The molecule has 0 spiro atoms. The summed E-state index contributed by atoms with van der Waals surface area (Å²) in [5.41, 5.74) is 1.19. The molecular formula is C13H21NO2S2. The Balaban J connectivity index is 1.94. The summed E-state index contributed by atoms with van der Waals surface area (Å²) in [6.45, 7) is 7.22. The van der Waals surface area contributed by atoms with Crippen LogP contribution in [-0.4, -0.2) is 40.4 Å². The molecule has 0 aromatic carbocycles. The molecule has 102 valence electrons. The predicted octanol–water partition coefficient (Wildman–Crippen LogP) is 2.48. The molecule has 1 aliphatic rings. The van der Waals surface area contributed by atoms with Crippen molar-refractivity contribution in [3.05, 3.63) is 16.1 Å². The predicted molar refractivity (Wildman–Crippen MR) is 77.6 cm³/mol. The number of hydrogen-bond acceptors (Lipinski definition) is 5. The first-order chi connectivity index (χ1) is 8.47. The number of aromatic nitrogens is 1. The van der Waals surface area contributed by atoms with Gasteiger partial charge < -0.3 is 9.84 Å². The van der Waals surface area contributed by atoms with Gasteiger partial charge in [-0.15, -0.1) is 11.3 Å². The van der Waals surface area contributed by atoms with E-state index in [-0.39, 0.29) is 11.5 Å². The SMILES string of the molecule is CC(C)(C)c1csc(CC(O)C2CSCCO2)n1. The standard InChI is InChI=1S/C13H21NO2S2/c1-13(2,3)11-8-18-12(14-11)6-9(15)10-7-17-5-4-16-10/h8-10,15H,4-7H2,1-3H3. The number of aliphatic hydroxyl groups excluding tert-OH is 1. The molecule has 0 aliphatic carbocycles. The molecule has 3 nitrogen and oxygen atoms in total. The highest BCUT2D eigenvalue weighted by molar-refractivity contribution is 7.99. The third-order valence-electron chi connectivity index (χ3n) is 2.97. The van der Waals surface area contributed by atoms with Gasteiger partial charge in [-0.05, 0) is 0 Å². The van der Waals surface area contributed by atoms with Gasteiger partial charge in [0.15, 0.2) is 0 Å². The zero-order valence-electron chi connectivity index (χ0n) is 11.2. The van der Waals surface area contributed by atoms with E-state index in [1.54, 1.807) is 11.3 Å². The lowest BCUT2D eigenvalue weighted by atomic mass is 9.93. The Labute approximate surface area is 117 Å². The van der Waals surface area contributed by atoms with E-state index in [1.165, 1.54) is 0 Å². The largest absolute Gasteiger partial charge is 0.390 e. The fraction of sp³-hybridized carbons (Fsp3) is 0.769. The van der Waals surface area contributed by atoms with E-state index in [0.29, 0.717) is 6.42 Å². The van der Waals surface area contributed by atoms with E-state index in [2.05, 4.69) is 31.1 Å². The second kappa shape index (κ2) is 5.90. The highest BCUT2D eigenvalue weighted by atomic mass is 32.2. The van der Waals surface area contributed by atoms with Crippen LogP contribution in [0.3, 0.4) is 0 Å². The number of hydrogen-bond donors (Lipinski definition) is 1. The molecule has 2 rings (SSSR count). The van der Waals surface area contributed by atoms with Gasteiger partial charge >= 0.3 is 0 Å². The first-order valence-corrected chi connectivity index (χ1v) is 8.32. The molecule has 0 saturated carbocycles. The Morgan fingerprint density at radius 3 is 2.89 bits per heavy atom. The molecule has 0 bridgehead atoms. The summed E-state index contributed by atoms with van der Waals surface area (Å²) in [7, 11) is 0. The van der Waals surface area contributed by atoms with E-state index in [0.717, 1.165) is 28.8 Å². The van der Waals surface area contributed by atoms with Crippen molar-refractivity contribution in [3.63, 3.8) is 0 Å². The fourth-order valence-electron chi connectivity index (χ4n) is 1.79. The van der Waals surface area contributed by atoms with Gasteiger partial charge in [-0.2, -0.15) is 11.8 Å². The first-order valence-electron chi connectivity index (χ1n) is 6.29. The van der Waals surface area contributed by atoms with Crippen molar-refractivity contribution in [1.29, 1.82) is 0 Å². The summed E-state index contributed by atoms with van der Waals surface area (Å²) in [6.07, 6.45) is 0.133. The number of ether oxygens (including phenoxy) is 1. The maximum atomic E-state index is 10.2. The zero-order chi connectivity index (χ0) is 13.2. The summed E-state index contributed by atoms with van der Waals surface area (Å²) >= 11 is 3.48. The van der Waals surface area contributed by atoms with Crippen LogP contribution in [0, 0.1) is 0 Å². The van der Waals surface area contributed by atoms with Gasteiger partial charge in [0, 0.05) is 28.7 Å². The maximum absolute atomic E-state index is 10.2. The summed E-state index contributed by atoms with van der Waals surface area (Å²) in [6, 6.07) is 0. The van der Waals surface area contributed by atoms with Gasteiger partial charge in [-0.25, -0.2) is 4.98 Å². The molecule has 2 unspecified atom stereocenters. The maximum Gasteiger partial charge on any atom is 0.0955 e. The Hall–Kier alpha value is -0.100. The quantitative estimate of drug-likeness (QED) is 0.927. The van der Waals surface area contributed by atoms with Gasteiger partial charge in [0.2, 0.25) is 0 Å². The molecule has 1 fully saturated rings. The van der Waals surface area contributed by atoms with Crippen LogP contribution < -0.4 is 0 Å². The van der Waals surface area contributed by atoms with Crippen molar-refractivity contribution in [1.82, 2.24) is 4.98 Å². The minimum atomic E-state index is -0.434. The molecule has 0 radical (unpaired) electrons. The summed E-state index contributed by atoms with van der Waals surface area (Å²) < 4.78 is 5.59. The van der Waals surface area contributed by atoms with Gasteiger partial charge in [-0.1, -0.05) is 20.8 Å². The number of rotatable bonds is 3. The van der Waals surface area contributed by atoms with E-state index in [4.69, 9.17) is 4.74 Å². The minimum absolute atomic E-state index is 0.0364. The van der Waals surface area contributed by atoms with Crippen molar-refractivity contribution in [2.24, 2.45) is 0 Å².